The van der Waals surface area contributed by atoms with E-state index in [-0.39, 0.29) is 0 Å². The lowest BCUT2D eigenvalue weighted by atomic mass is 9.94. The smallest absolute Gasteiger partial charge is 0.00881 e. The fraction of sp³-hybridized carbons (Fsp3) is 0.250. The van der Waals surface area contributed by atoms with Crippen LogP contribution in [0.4, 0.5) is 0 Å². The first-order valence-corrected chi connectivity index (χ1v) is 6.09. The summed E-state index contributed by atoms with van der Waals surface area (Å²) in [6, 6.07) is 8.83. The van der Waals surface area contributed by atoms with Crippen molar-refractivity contribution in [1.29, 1.82) is 0 Å². The number of allylic oxidation sites excluding steroid dienone is 6. The molecule has 0 heterocycles. The van der Waals surface area contributed by atoms with Crippen LogP contribution in [0.2, 0.25) is 0 Å². The minimum atomic E-state index is 1.07. The summed E-state index contributed by atoms with van der Waals surface area (Å²) in [5, 5.41) is 0. The predicted molar refractivity (Wildman–Crippen MR) is 69.2 cm³/mol. The summed E-state index contributed by atoms with van der Waals surface area (Å²) in [6.45, 7) is 0. The molecule has 2 aliphatic rings. The highest BCUT2D eigenvalue weighted by molar-refractivity contribution is 5.76. The van der Waals surface area contributed by atoms with E-state index in [9.17, 15) is 0 Å². The third-order valence-corrected chi connectivity index (χ3v) is 3.42. The van der Waals surface area contributed by atoms with Gasteiger partial charge in [0, 0.05) is 0 Å². The zero-order chi connectivity index (χ0) is 10.8. The Morgan fingerprint density at radius 2 is 1.81 bits per heavy atom. The maximum Gasteiger partial charge on any atom is -0.00881 e. The maximum absolute atomic E-state index is 2.31. The molecule has 3 rings (SSSR count). The highest BCUT2D eigenvalue weighted by Crippen LogP contribution is 2.33. The van der Waals surface area contributed by atoms with E-state index < -0.39 is 0 Å². The van der Waals surface area contributed by atoms with Gasteiger partial charge in [-0.3, -0.25) is 0 Å². The Balaban J connectivity index is 2.19. The largest absolute Gasteiger partial charge is 0.0839 e. The molecule has 0 atom stereocenters. The topological polar surface area (TPSA) is 0 Å². The van der Waals surface area contributed by atoms with Crippen molar-refractivity contribution in [2.75, 3.05) is 0 Å². The van der Waals surface area contributed by atoms with E-state index in [0.717, 1.165) is 6.42 Å². The van der Waals surface area contributed by atoms with Gasteiger partial charge in [0.15, 0.2) is 0 Å². The molecule has 0 aromatic heterocycles. The van der Waals surface area contributed by atoms with Crippen LogP contribution < -0.4 is 0 Å². The number of fused-ring (bicyclic) bond motifs is 2. The summed E-state index contributed by atoms with van der Waals surface area (Å²) in [5.41, 5.74) is 5.90. The molecule has 0 unspecified atom stereocenters. The number of rotatable bonds is 0. The molecule has 80 valence electrons. The van der Waals surface area contributed by atoms with Gasteiger partial charge in [0.1, 0.15) is 0 Å². The standard InChI is InChI=1S/C16H16/c1-2-7-13-9-6-10-14-8-4-5-12-16(14)15(13)11-3-1/h2,4-9,12H,1,3,10-11H2. The normalized spacial score (nSPS) is 18.8. The zero-order valence-electron chi connectivity index (χ0n) is 9.45. The molecule has 0 radical (unpaired) electrons. The lowest BCUT2D eigenvalue weighted by molar-refractivity contribution is 0.885. The Morgan fingerprint density at radius 1 is 0.938 bits per heavy atom. The monoisotopic (exact) mass is 208 g/mol. The van der Waals surface area contributed by atoms with Crippen LogP contribution in [-0.4, -0.2) is 0 Å². The Kier molecular flexibility index (Phi) is 2.49. The zero-order valence-corrected chi connectivity index (χ0v) is 9.45. The van der Waals surface area contributed by atoms with Crippen LogP contribution in [0.15, 0.2) is 54.1 Å². The van der Waals surface area contributed by atoms with Crippen molar-refractivity contribution in [2.24, 2.45) is 0 Å². The lowest BCUT2D eigenvalue weighted by Gasteiger charge is -2.11. The van der Waals surface area contributed by atoms with Gasteiger partial charge in [0.05, 0.1) is 0 Å². The van der Waals surface area contributed by atoms with Crippen LogP contribution in [-0.2, 0) is 6.42 Å². The molecule has 0 nitrogen and oxygen atoms in total. The molecule has 0 fully saturated rings. The molecule has 0 saturated heterocycles. The van der Waals surface area contributed by atoms with E-state index in [2.05, 4.69) is 48.6 Å². The molecular weight excluding hydrogens is 192 g/mol. The van der Waals surface area contributed by atoms with Crippen LogP contribution in [0.25, 0.3) is 5.57 Å². The molecule has 1 aromatic rings. The van der Waals surface area contributed by atoms with E-state index in [1.807, 2.05) is 0 Å². The first-order valence-electron chi connectivity index (χ1n) is 6.09. The van der Waals surface area contributed by atoms with Crippen molar-refractivity contribution >= 4 is 5.57 Å². The van der Waals surface area contributed by atoms with Crippen LogP contribution in [0.5, 0.6) is 0 Å². The molecule has 0 saturated carbocycles. The summed E-state index contributed by atoms with van der Waals surface area (Å²) in [6.07, 6.45) is 13.9. The lowest BCUT2D eigenvalue weighted by Crippen LogP contribution is -1.92. The van der Waals surface area contributed by atoms with Crippen LogP contribution >= 0.6 is 0 Å². The fourth-order valence-corrected chi connectivity index (χ4v) is 2.60. The highest BCUT2D eigenvalue weighted by Gasteiger charge is 2.13. The Labute approximate surface area is 97.0 Å². The van der Waals surface area contributed by atoms with Gasteiger partial charge in [0.25, 0.3) is 0 Å². The molecular formula is C16H16. The van der Waals surface area contributed by atoms with Gasteiger partial charge in [-0.15, -0.1) is 0 Å². The van der Waals surface area contributed by atoms with Gasteiger partial charge in [-0.2, -0.15) is 0 Å². The Morgan fingerprint density at radius 3 is 2.81 bits per heavy atom. The van der Waals surface area contributed by atoms with Gasteiger partial charge in [-0.05, 0) is 48.0 Å². The van der Waals surface area contributed by atoms with Crippen LogP contribution in [0, 0.1) is 0 Å². The van der Waals surface area contributed by atoms with Crippen molar-refractivity contribution in [3.8, 4) is 0 Å². The summed E-state index contributed by atoms with van der Waals surface area (Å²) in [5.74, 6) is 0. The van der Waals surface area contributed by atoms with Gasteiger partial charge in [-0.25, -0.2) is 0 Å². The first kappa shape index (κ1) is 9.65. The van der Waals surface area contributed by atoms with E-state index in [1.54, 1.807) is 0 Å². The van der Waals surface area contributed by atoms with Crippen molar-refractivity contribution < 1.29 is 0 Å². The van der Waals surface area contributed by atoms with E-state index in [1.165, 1.54) is 41.5 Å². The second kappa shape index (κ2) is 4.13. The molecule has 0 aliphatic heterocycles. The average molecular weight is 208 g/mol. The van der Waals surface area contributed by atoms with Crippen molar-refractivity contribution in [3.63, 3.8) is 0 Å². The number of hydrogen-bond donors (Lipinski definition) is 0. The van der Waals surface area contributed by atoms with E-state index >= 15 is 0 Å². The van der Waals surface area contributed by atoms with Crippen molar-refractivity contribution in [3.05, 3.63) is 65.3 Å². The summed E-state index contributed by atoms with van der Waals surface area (Å²) < 4.78 is 0. The number of hydrogen-bond acceptors (Lipinski definition) is 0. The third kappa shape index (κ3) is 1.65. The maximum atomic E-state index is 2.31. The molecule has 0 amide bonds. The van der Waals surface area contributed by atoms with Crippen LogP contribution in [0.3, 0.4) is 0 Å². The predicted octanol–water partition coefficient (Wildman–Crippen LogP) is 4.29. The molecule has 16 heavy (non-hydrogen) atoms. The van der Waals surface area contributed by atoms with Gasteiger partial charge in [-0.1, -0.05) is 48.6 Å². The molecule has 2 aliphatic carbocycles. The molecule has 0 N–H and O–H groups in total. The minimum absolute atomic E-state index is 1.07. The molecule has 0 heteroatoms. The summed E-state index contributed by atoms with van der Waals surface area (Å²) in [7, 11) is 0. The number of benzene rings is 1. The van der Waals surface area contributed by atoms with E-state index in [4.69, 9.17) is 0 Å². The SMILES string of the molecule is C1=CC2=C(CCC1)c1ccccc1CC=C2. The first-order chi connectivity index (χ1) is 7.95. The van der Waals surface area contributed by atoms with Crippen molar-refractivity contribution in [1.82, 2.24) is 0 Å². The average Bonchev–Trinajstić information content (AvgIpc) is 2.62. The minimum Gasteiger partial charge on any atom is -0.0839 e. The molecule has 0 spiro atoms. The van der Waals surface area contributed by atoms with Crippen LogP contribution in [0.1, 0.15) is 30.4 Å². The molecule has 1 aromatic carbocycles. The second-order valence-corrected chi connectivity index (χ2v) is 4.49. The second-order valence-electron chi connectivity index (χ2n) is 4.49. The van der Waals surface area contributed by atoms with Crippen molar-refractivity contribution in [2.45, 2.75) is 25.7 Å². The van der Waals surface area contributed by atoms with Gasteiger partial charge in [0.2, 0.25) is 0 Å². The van der Waals surface area contributed by atoms with Gasteiger partial charge < -0.3 is 0 Å². The van der Waals surface area contributed by atoms with E-state index in [0.29, 0.717) is 0 Å². The highest BCUT2D eigenvalue weighted by atomic mass is 14.2. The fourth-order valence-electron chi connectivity index (χ4n) is 2.60. The Bertz CT molecular complexity index is 487. The summed E-state index contributed by atoms with van der Waals surface area (Å²) >= 11 is 0. The quantitative estimate of drug-likeness (QED) is 0.596. The van der Waals surface area contributed by atoms with Gasteiger partial charge >= 0.3 is 0 Å². The molecule has 0 bridgehead atoms. The third-order valence-electron chi connectivity index (χ3n) is 3.42. The summed E-state index contributed by atoms with van der Waals surface area (Å²) in [4.78, 5) is 0. The Hall–Kier alpha value is -1.56.